The van der Waals surface area contributed by atoms with E-state index in [1.165, 1.54) is 4.90 Å². The van der Waals surface area contributed by atoms with E-state index in [0.717, 1.165) is 5.56 Å². The lowest BCUT2D eigenvalue weighted by Gasteiger charge is -2.29. The van der Waals surface area contributed by atoms with E-state index in [4.69, 9.17) is 9.47 Å². The molecule has 0 atom stereocenters. The van der Waals surface area contributed by atoms with Crippen LogP contribution < -0.4 is 20.7 Å². The first-order valence-electron chi connectivity index (χ1n) is 10.8. The predicted octanol–water partition coefficient (Wildman–Crippen LogP) is 2.51. The fraction of sp³-hybridized carbons (Fsp3) is 0.609. The maximum Gasteiger partial charge on any atom is 0.408 e. The Morgan fingerprint density at radius 2 is 1.78 bits per heavy atom. The Morgan fingerprint density at radius 1 is 1.09 bits per heavy atom. The number of carbonyl (C=O) groups is 2. The SMILES string of the molecule is CCNC(=NCc1cccc(OCC(=O)N(C)C)c1)NCC(C)(C)NC(=O)OC(C)(C)C. The van der Waals surface area contributed by atoms with E-state index in [1.807, 2.05) is 65.8 Å². The number of alkyl carbamates (subject to hydrolysis) is 1. The second-order valence-corrected chi connectivity index (χ2v) is 9.28. The van der Waals surface area contributed by atoms with Crippen LogP contribution in [-0.4, -0.2) is 67.8 Å². The van der Waals surface area contributed by atoms with E-state index >= 15 is 0 Å². The molecule has 3 N–H and O–H groups in total. The summed E-state index contributed by atoms with van der Waals surface area (Å²) in [5, 5.41) is 9.32. The first-order chi connectivity index (χ1) is 14.8. The number of guanidine groups is 1. The summed E-state index contributed by atoms with van der Waals surface area (Å²) >= 11 is 0. The fourth-order valence-electron chi connectivity index (χ4n) is 2.45. The molecule has 0 aromatic heterocycles. The Bertz CT molecular complexity index is 785. The molecule has 1 aromatic rings. The summed E-state index contributed by atoms with van der Waals surface area (Å²) in [7, 11) is 3.38. The first-order valence-corrected chi connectivity index (χ1v) is 10.8. The van der Waals surface area contributed by atoms with Crippen molar-refractivity contribution in [3.8, 4) is 5.75 Å². The van der Waals surface area contributed by atoms with E-state index in [9.17, 15) is 9.59 Å². The molecule has 0 aliphatic carbocycles. The van der Waals surface area contributed by atoms with E-state index in [1.54, 1.807) is 14.1 Å². The third-order valence-electron chi connectivity index (χ3n) is 4.06. The number of ether oxygens (including phenoxy) is 2. The largest absolute Gasteiger partial charge is 0.484 e. The lowest BCUT2D eigenvalue weighted by Crippen LogP contribution is -2.54. The molecule has 1 aromatic carbocycles. The van der Waals surface area contributed by atoms with E-state index in [2.05, 4.69) is 20.9 Å². The second kappa shape index (κ2) is 12.2. The van der Waals surface area contributed by atoms with Gasteiger partial charge in [0.2, 0.25) is 0 Å². The Hall–Kier alpha value is -2.97. The molecule has 0 fully saturated rings. The van der Waals surface area contributed by atoms with Crippen molar-refractivity contribution in [3.05, 3.63) is 29.8 Å². The number of benzene rings is 1. The van der Waals surface area contributed by atoms with Crippen LogP contribution in [0.1, 0.15) is 47.1 Å². The lowest BCUT2D eigenvalue weighted by atomic mass is 10.1. The molecule has 0 aliphatic rings. The molecular formula is C23H39N5O4. The Labute approximate surface area is 191 Å². The number of rotatable bonds is 9. The third-order valence-corrected chi connectivity index (χ3v) is 4.06. The van der Waals surface area contributed by atoms with Gasteiger partial charge < -0.3 is 30.3 Å². The Kier molecular flexibility index (Phi) is 10.3. The zero-order valence-electron chi connectivity index (χ0n) is 20.7. The summed E-state index contributed by atoms with van der Waals surface area (Å²) in [5.41, 5.74) is -0.157. The summed E-state index contributed by atoms with van der Waals surface area (Å²) in [5.74, 6) is 1.14. The minimum atomic E-state index is -0.554. The van der Waals surface area contributed by atoms with Gasteiger partial charge in [-0.3, -0.25) is 4.79 Å². The van der Waals surface area contributed by atoms with Crippen molar-refractivity contribution in [1.82, 2.24) is 20.9 Å². The predicted molar refractivity (Wildman–Crippen MR) is 127 cm³/mol. The summed E-state index contributed by atoms with van der Waals surface area (Å²) in [4.78, 5) is 29.9. The van der Waals surface area contributed by atoms with Crippen LogP contribution in [-0.2, 0) is 16.1 Å². The lowest BCUT2D eigenvalue weighted by molar-refractivity contribution is -0.130. The summed E-state index contributed by atoms with van der Waals surface area (Å²) in [6.07, 6.45) is -0.462. The number of hydrogen-bond acceptors (Lipinski definition) is 5. The molecule has 1 rings (SSSR count). The highest BCUT2D eigenvalue weighted by Crippen LogP contribution is 2.14. The van der Waals surface area contributed by atoms with Crippen molar-refractivity contribution in [2.24, 2.45) is 4.99 Å². The van der Waals surface area contributed by atoms with Gasteiger partial charge in [-0.1, -0.05) is 12.1 Å². The van der Waals surface area contributed by atoms with E-state index in [-0.39, 0.29) is 12.5 Å². The van der Waals surface area contributed by atoms with E-state index < -0.39 is 17.2 Å². The summed E-state index contributed by atoms with van der Waals surface area (Å²) < 4.78 is 10.9. The molecule has 9 heteroatoms. The maximum atomic E-state index is 12.1. The molecule has 0 heterocycles. The average molecular weight is 450 g/mol. The number of likely N-dealkylation sites (N-methyl/N-ethyl adjacent to an activating group) is 1. The normalized spacial score (nSPS) is 12.1. The molecule has 32 heavy (non-hydrogen) atoms. The number of aliphatic imine (C=N–C) groups is 1. The molecule has 0 bridgehead atoms. The highest BCUT2D eigenvalue weighted by atomic mass is 16.6. The topological polar surface area (TPSA) is 104 Å². The average Bonchev–Trinajstić information content (AvgIpc) is 2.66. The van der Waals surface area contributed by atoms with Crippen LogP contribution in [0.25, 0.3) is 0 Å². The van der Waals surface area contributed by atoms with Crippen LogP contribution in [0.5, 0.6) is 5.75 Å². The molecule has 2 amide bonds. The Balaban J connectivity index is 2.69. The number of hydrogen-bond donors (Lipinski definition) is 3. The minimum Gasteiger partial charge on any atom is -0.484 e. The van der Waals surface area contributed by atoms with Crippen molar-refractivity contribution in [2.75, 3.05) is 33.8 Å². The number of nitrogens with zero attached hydrogens (tertiary/aromatic N) is 2. The molecular weight excluding hydrogens is 410 g/mol. The number of amides is 2. The third kappa shape index (κ3) is 11.4. The van der Waals surface area contributed by atoms with Gasteiger partial charge in [-0.25, -0.2) is 9.79 Å². The fourth-order valence-corrected chi connectivity index (χ4v) is 2.45. The van der Waals surface area contributed by atoms with Gasteiger partial charge in [0.25, 0.3) is 5.91 Å². The van der Waals surface area contributed by atoms with Gasteiger partial charge in [0.1, 0.15) is 11.4 Å². The van der Waals surface area contributed by atoms with Crippen LogP contribution in [0.15, 0.2) is 29.3 Å². The van der Waals surface area contributed by atoms with Gasteiger partial charge in [-0.2, -0.15) is 0 Å². The first kappa shape index (κ1) is 27.1. The highest BCUT2D eigenvalue weighted by molar-refractivity contribution is 5.80. The summed E-state index contributed by atoms with van der Waals surface area (Å²) in [6.45, 7) is 12.8. The van der Waals surface area contributed by atoms with Crippen molar-refractivity contribution >= 4 is 18.0 Å². The number of nitrogens with one attached hydrogen (secondary N) is 3. The standard InChI is InChI=1S/C23H39N5O4/c1-9-24-20(26-16-23(5,6)27-21(30)32-22(2,3)4)25-14-17-11-10-12-18(13-17)31-15-19(29)28(7)8/h10-13H,9,14-16H2,1-8H3,(H,27,30)(H2,24,25,26). The van der Waals surface area contributed by atoms with E-state index in [0.29, 0.717) is 31.3 Å². The van der Waals surface area contributed by atoms with Gasteiger partial charge in [-0.15, -0.1) is 0 Å². The Morgan fingerprint density at radius 3 is 2.38 bits per heavy atom. The van der Waals surface area contributed by atoms with Crippen LogP contribution in [0.3, 0.4) is 0 Å². The van der Waals surface area contributed by atoms with Gasteiger partial charge in [0.15, 0.2) is 12.6 Å². The molecule has 0 aliphatic heterocycles. The second-order valence-electron chi connectivity index (χ2n) is 9.28. The maximum absolute atomic E-state index is 12.1. The van der Waals surface area contributed by atoms with Crippen LogP contribution >= 0.6 is 0 Å². The molecule has 0 unspecified atom stereocenters. The molecule has 0 saturated carbocycles. The molecule has 180 valence electrons. The zero-order chi connectivity index (χ0) is 24.4. The summed E-state index contributed by atoms with van der Waals surface area (Å²) in [6, 6.07) is 7.49. The minimum absolute atomic E-state index is 0.0103. The van der Waals surface area contributed by atoms with Crippen molar-refractivity contribution in [2.45, 2.75) is 59.2 Å². The van der Waals surface area contributed by atoms with Crippen molar-refractivity contribution in [3.63, 3.8) is 0 Å². The molecule has 0 radical (unpaired) electrons. The molecule has 0 saturated heterocycles. The van der Waals surface area contributed by atoms with Gasteiger partial charge in [0, 0.05) is 27.2 Å². The van der Waals surface area contributed by atoms with Crippen LogP contribution in [0, 0.1) is 0 Å². The quantitative estimate of drug-likeness (QED) is 0.395. The number of carbonyl (C=O) groups excluding carboxylic acids is 2. The molecule has 9 nitrogen and oxygen atoms in total. The smallest absolute Gasteiger partial charge is 0.408 e. The molecule has 0 spiro atoms. The van der Waals surface area contributed by atoms with Crippen molar-refractivity contribution < 1.29 is 19.1 Å². The van der Waals surface area contributed by atoms with Gasteiger partial charge in [-0.05, 0) is 59.2 Å². The van der Waals surface area contributed by atoms with Gasteiger partial charge in [0.05, 0.1) is 12.1 Å². The zero-order valence-corrected chi connectivity index (χ0v) is 20.7. The van der Waals surface area contributed by atoms with Crippen LogP contribution in [0.2, 0.25) is 0 Å². The van der Waals surface area contributed by atoms with Gasteiger partial charge >= 0.3 is 6.09 Å². The van der Waals surface area contributed by atoms with Crippen LogP contribution in [0.4, 0.5) is 4.79 Å². The highest BCUT2D eigenvalue weighted by Gasteiger charge is 2.24. The van der Waals surface area contributed by atoms with Crippen molar-refractivity contribution in [1.29, 1.82) is 0 Å². The monoisotopic (exact) mass is 449 g/mol.